The number of hydrogen-bond acceptors (Lipinski definition) is 4. The summed E-state index contributed by atoms with van der Waals surface area (Å²) in [7, 11) is 0. The van der Waals surface area contributed by atoms with Crippen molar-refractivity contribution in [2.75, 3.05) is 0 Å². The van der Waals surface area contributed by atoms with Gasteiger partial charge < -0.3 is 14.8 Å². The number of carbonyl (C=O) groups is 1. The summed E-state index contributed by atoms with van der Waals surface area (Å²) in [5.41, 5.74) is 0. The summed E-state index contributed by atoms with van der Waals surface area (Å²) < 4.78 is 5.36. The van der Waals surface area contributed by atoms with Crippen molar-refractivity contribution in [3.05, 3.63) is 17.8 Å². The molecule has 1 aromatic heterocycles. The third kappa shape index (κ3) is 3.30. The van der Waals surface area contributed by atoms with Gasteiger partial charge >= 0.3 is 5.97 Å². The van der Waals surface area contributed by atoms with E-state index >= 15 is 0 Å². The lowest BCUT2D eigenvalue weighted by Gasteiger charge is -2.26. The fourth-order valence-electron chi connectivity index (χ4n) is 2.31. The number of nitrogens with zero attached hydrogens (tertiary/aromatic N) is 1. The molecule has 1 fully saturated rings. The van der Waals surface area contributed by atoms with Crippen molar-refractivity contribution in [1.29, 1.82) is 0 Å². The highest BCUT2D eigenvalue weighted by atomic mass is 16.4. The van der Waals surface area contributed by atoms with E-state index in [-0.39, 0.29) is 12.0 Å². The van der Waals surface area contributed by atoms with E-state index in [4.69, 9.17) is 9.52 Å². The molecule has 1 aliphatic rings. The zero-order chi connectivity index (χ0) is 12.3. The van der Waals surface area contributed by atoms with Gasteiger partial charge in [-0.25, -0.2) is 4.98 Å². The van der Waals surface area contributed by atoms with Gasteiger partial charge in [-0.2, -0.15) is 0 Å². The Labute approximate surface area is 100 Å². The molecule has 2 rings (SSSR count). The number of aromatic nitrogens is 1. The number of carboxylic acid groups (broad SMARTS) is 1. The lowest BCUT2D eigenvalue weighted by molar-refractivity contribution is -0.143. The minimum atomic E-state index is -0.677. The first-order valence-electron chi connectivity index (χ1n) is 6.02. The molecule has 1 aromatic rings. The van der Waals surface area contributed by atoms with Crippen LogP contribution in [-0.4, -0.2) is 22.1 Å². The summed E-state index contributed by atoms with van der Waals surface area (Å²) in [6.45, 7) is 2.43. The minimum absolute atomic E-state index is 0.201. The summed E-state index contributed by atoms with van der Waals surface area (Å²) in [4.78, 5) is 15.0. The van der Waals surface area contributed by atoms with Crippen LogP contribution in [0.3, 0.4) is 0 Å². The molecule has 0 radical (unpaired) electrons. The highest BCUT2D eigenvalue weighted by Gasteiger charge is 2.26. The van der Waals surface area contributed by atoms with E-state index in [1.54, 1.807) is 6.20 Å². The summed E-state index contributed by atoms with van der Waals surface area (Å²) in [6, 6.07) is 0.261. The topological polar surface area (TPSA) is 75.4 Å². The summed E-state index contributed by atoms with van der Waals surface area (Å²) >= 11 is 0. The summed E-state index contributed by atoms with van der Waals surface area (Å²) in [6.07, 6.45) is 5.20. The average Bonchev–Trinajstić information content (AvgIpc) is 2.73. The first-order valence-corrected chi connectivity index (χ1v) is 6.02. The highest BCUT2D eigenvalue weighted by molar-refractivity contribution is 5.70. The standard InChI is InChI=1S/C12H18N2O3/c1-8-6-14-11(17-8)7-13-10-4-2-3-9(5-10)12(15)16/h6,9-10,13H,2-5,7H2,1H3,(H,15,16). The molecular weight excluding hydrogens is 220 g/mol. The van der Waals surface area contributed by atoms with E-state index in [9.17, 15) is 4.79 Å². The molecule has 1 aliphatic carbocycles. The molecule has 0 bridgehead atoms. The monoisotopic (exact) mass is 238 g/mol. The molecule has 0 amide bonds. The van der Waals surface area contributed by atoms with Crippen LogP contribution in [0.4, 0.5) is 0 Å². The van der Waals surface area contributed by atoms with Gasteiger partial charge in [0.2, 0.25) is 5.89 Å². The smallest absolute Gasteiger partial charge is 0.306 e. The van der Waals surface area contributed by atoms with Gasteiger partial charge in [0.15, 0.2) is 0 Å². The van der Waals surface area contributed by atoms with E-state index in [1.807, 2.05) is 6.92 Å². The average molecular weight is 238 g/mol. The van der Waals surface area contributed by atoms with Gasteiger partial charge in [0.05, 0.1) is 18.7 Å². The van der Waals surface area contributed by atoms with E-state index in [0.29, 0.717) is 18.9 Å². The Morgan fingerprint density at radius 2 is 2.47 bits per heavy atom. The number of hydrogen-bond donors (Lipinski definition) is 2. The number of aryl methyl sites for hydroxylation is 1. The fourth-order valence-corrected chi connectivity index (χ4v) is 2.31. The Kier molecular flexibility index (Phi) is 3.78. The number of nitrogens with one attached hydrogen (secondary N) is 1. The largest absolute Gasteiger partial charge is 0.481 e. The number of oxazole rings is 1. The van der Waals surface area contributed by atoms with Gasteiger partial charge in [-0.15, -0.1) is 0 Å². The zero-order valence-electron chi connectivity index (χ0n) is 9.98. The van der Waals surface area contributed by atoms with Crippen LogP contribution in [0.25, 0.3) is 0 Å². The molecule has 1 saturated carbocycles. The maximum Gasteiger partial charge on any atom is 0.306 e. The van der Waals surface area contributed by atoms with Gasteiger partial charge in [-0.3, -0.25) is 4.79 Å². The van der Waals surface area contributed by atoms with Crippen LogP contribution in [0.2, 0.25) is 0 Å². The zero-order valence-corrected chi connectivity index (χ0v) is 9.98. The van der Waals surface area contributed by atoms with Gasteiger partial charge in [-0.05, 0) is 26.2 Å². The van der Waals surface area contributed by atoms with E-state index in [0.717, 1.165) is 25.0 Å². The Hall–Kier alpha value is -1.36. The molecule has 0 aliphatic heterocycles. The molecule has 0 saturated heterocycles. The van der Waals surface area contributed by atoms with Crippen molar-refractivity contribution in [2.24, 2.45) is 5.92 Å². The molecule has 5 nitrogen and oxygen atoms in total. The molecule has 2 N–H and O–H groups in total. The first-order chi connectivity index (χ1) is 8.15. The predicted octanol–water partition coefficient (Wildman–Crippen LogP) is 1.72. The van der Waals surface area contributed by atoms with Crippen molar-refractivity contribution < 1.29 is 14.3 Å². The maximum atomic E-state index is 10.9. The quantitative estimate of drug-likeness (QED) is 0.835. The van der Waals surface area contributed by atoms with E-state index in [1.165, 1.54) is 0 Å². The van der Waals surface area contributed by atoms with Crippen LogP contribution in [0.1, 0.15) is 37.3 Å². The molecule has 2 atom stereocenters. The maximum absolute atomic E-state index is 10.9. The van der Waals surface area contributed by atoms with Crippen LogP contribution in [-0.2, 0) is 11.3 Å². The Bertz CT molecular complexity index is 389. The van der Waals surface area contributed by atoms with Gasteiger partial charge in [0.1, 0.15) is 5.76 Å². The number of carboxylic acids is 1. The van der Waals surface area contributed by atoms with E-state index in [2.05, 4.69) is 10.3 Å². The molecule has 0 aromatic carbocycles. The normalized spacial score (nSPS) is 24.8. The number of rotatable bonds is 4. The van der Waals surface area contributed by atoms with Crippen molar-refractivity contribution in [2.45, 2.75) is 45.2 Å². The van der Waals surface area contributed by atoms with Crippen LogP contribution in [0.15, 0.2) is 10.6 Å². The van der Waals surface area contributed by atoms with Gasteiger partial charge in [0.25, 0.3) is 0 Å². The minimum Gasteiger partial charge on any atom is -0.481 e. The third-order valence-electron chi connectivity index (χ3n) is 3.23. The summed E-state index contributed by atoms with van der Waals surface area (Å²) in [5, 5.41) is 12.3. The van der Waals surface area contributed by atoms with Crippen LogP contribution < -0.4 is 5.32 Å². The van der Waals surface area contributed by atoms with Crippen molar-refractivity contribution in [1.82, 2.24) is 10.3 Å². The van der Waals surface area contributed by atoms with Crippen molar-refractivity contribution in [3.63, 3.8) is 0 Å². The Morgan fingerprint density at radius 1 is 1.65 bits per heavy atom. The first kappa shape index (κ1) is 12.1. The van der Waals surface area contributed by atoms with Crippen molar-refractivity contribution >= 4 is 5.97 Å². The fraction of sp³-hybridized carbons (Fsp3) is 0.667. The van der Waals surface area contributed by atoms with Gasteiger partial charge in [-0.1, -0.05) is 6.42 Å². The highest BCUT2D eigenvalue weighted by Crippen LogP contribution is 2.24. The van der Waals surface area contributed by atoms with Crippen molar-refractivity contribution in [3.8, 4) is 0 Å². The van der Waals surface area contributed by atoms with Crippen LogP contribution in [0, 0.1) is 12.8 Å². The SMILES string of the molecule is Cc1cnc(CNC2CCCC(C(=O)O)C2)o1. The van der Waals surface area contributed by atoms with Crippen LogP contribution >= 0.6 is 0 Å². The Balaban J connectivity index is 1.81. The lowest BCUT2D eigenvalue weighted by Crippen LogP contribution is -2.36. The second-order valence-electron chi connectivity index (χ2n) is 4.64. The Morgan fingerprint density at radius 3 is 3.12 bits per heavy atom. The molecule has 0 spiro atoms. The second kappa shape index (κ2) is 5.31. The van der Waals surface area contributed by atoms with Gasteiger partial charge in [0, 0.05) is 6.04 Å². The lowest BCUT2D eigenvalue weighted by atomic mass is 9.86. The number of aliphatic carboxylic acids is 1. The second-order valence-corrected chi connectivity index (χ2v) is 4.64. The molecular formula is C12H18N2O3. The molecule has 2 unspecified atom stereocenters. The van der Waals surface area contributed by atoms with E-state index < -0.39 is 5.97 Å². The van der Waals surface area contributed by atoms with Crippen LogP contribution in [0.5, 0.6) is 0 Å². The molecule has 94 valence electrons. The summed E-state index contributed by atoms with van der Waals surface area (Å²) in [5.74, 6) is 0.588. The third-order valence-corrected chi connectivity index (χ3v) is 3.23. The molecule has 17 heavy (non-hydrogen) atoms. The molecule has 5 heteroatoms. The molecule has 1 heterocycles. The predicted molar refractivity (Wildman–Crippen MR) is 61.5 cm³/mol.